The number of halogens is 2. The number of hydrogen-bond acceptors (Lipinski definition) is 7. The smallest absolute Gasteiger partial charge is 0.165 e. The molecule has 0 bridgehead atoms. The molecule has 1 atom stereocenters. The summed E-state index contributed by atoms with van der Waals surface area (Å²) >= 11 is 3.67. The van der Waals surface area contributed by atoms with Crippen molar-refractivity contribution in [2.75, 3.05) is 5.32 Å². The van der Waals surface area contributed by atoms with Gasteiger partial charge in [-0.25, -0.2) is 19.3 Å². The van der Waals surface area contributed by atoms with Gasteiger partial charge in [-0.15, -0.1) is 11.3 Å². The molecule has 0 aliphatic carbocycles. The van der Waals surface area contributed by atoms with Crippen molar-refractivity contribution in [1.29, 1.82) is 0 Å². The van der Waals surface area contributed by atoms with E-state index in [0.29, 0.717) is 40.6 Å². The van der Waals surface area contributed by atoms with Gasteiger partial charge in [0.05, 0.1) is 17.6 Å². The number of pyridine rings is 1. The van der Waals surface area contributed by atoms with E-state index in [1.54, 1.807) is 0 Å². The Morgan fingerprint density at radius 1 is 1.17 bits per heavy atom. The third-order valence-corrected chi connectivity index (χ3v) is 8.37. The van der Waals surface area contributed by atoms with Gasteiger partial charge in [0, 0.05) is 53.9 Å². The van der Waals surface area contributed by atoms with Crippen molar-refractivity contribution in [3.8, 4) is 11.4 Å². The first-order valence-electron chi connectivity index (χ1n) is 11.0. The Morgan fingerprint density at radius 2 is 1.94 bits per heavy atom. The Morgan fingerprint density at radius 3 is 2.66 bits per heavy atom. The van der Waals surface area contributed by atoms with Gasteiger partial charge in [-0.1, -0.05) is 38.1 Å². The van der Waals surface area contributed by atoms with Crippen LogP contribution in [0.4, 0.5) is 10.2 Å². The molecule has 0 aliphatic heterocycles. The van der Waals surface area contributed by atoms with Gasteiger partial charge in [-0.2, -0.15) is 0 Å². The number of rotatable bonds is 8. The average Bonchev–Trinajstić information content (AvgIpc) is 3.48. The zero-order chi connectivity index (χ0) is 24.5. The number of nitrogens with one attached hydrogen (secondary N) is 1. The summed E-state index contributed by atoms with van der Waals surface area (Å²) in [6, 6.07) is 11.5. The van der Waals surface area contributed by atoms with Gasteiger partial charge in [0.2, 0.25) is 0 Å². The van der Waals surface area contributed by atoms with Gasteiger partial charge in [-0.3, -0.25) is 3.97 Å². The van der Waals surface area contributed by atoms with Crippen LogP contribution >= 0.6 is 41.7 Å². The van der Waals surface area contributed by atoms with E-state index in [9.17, 15) is 9.18 Å². The van der Waals surface area contributed by atoms with E-state index in [0.717, 1.165) is 22.1 Å². The van der Waals surface area contributed by atoms with Crippen LogP contribution in [0.25, 0.3) is 32.6 Å². The number of anilines is 1. The second-order valence-electron chi connectivity index (χ2n) is 8.42. The van der Waals surface area contributed by atoms with Crippen molar-refractivity contribution in [1.82, 2.24) is 18.9 Å². The van der Waals surface area contributed by atoms with Gasteiger partial charge < -0.3 is 10.1 Å². The molecular weight excluding hydrogens is 596 g/mol. The molecule has 6 nitrogen and oxygen atoms in total. The van der Waals surface area contributed by atoms with Crippen LogP contribution in [0.5, 0.6) is 0 Å². The number of hydrogen-bond donors (Lipinski definition) is 1. The first-order chi connectivity index (χ1) is 17.0. The van der Waals surface area contributed by atoms with Crippen LogP contribution in [0.2, 0.25) is 0 Å². The first-order valence-corrected chi connectivity index (χ1v) is 15.2. The van der Waals surface area contributed by atoms with Crippen LogP contribution in [0, 0.1) is 5.82 Å². The Bertz CT molecular complexity index is 1520. The van der Waals surface area contributed by atoms with Crippen molar-refractivity contribution in [3.05, 3.63) is 71.1 Å². The minimum Gasteiger partial charge on any atom is -0.362 e. The van der Waals surface area contributed by atoms with Gasteiger partial charge in [0.15, 0.2) is 11.5 Å². The van der Waals surface area contributed by atoms with E-state index >= 15 is 0 Å². The predicted octanol–water partition coefficient (Wildman–Crippen LogP) is 7.56. The quantitative estimate of drug-likeness (QED) is 0.143. The highest BCUT2D eigenvalue weighted by Crippen LogP contribution is 2.36. The summed E-state index contributed by atoms with van der Waals surface area (Å²) in [4.78, 5) is 26.3. The molecule has 0 spiro atoms. The Labute approximate surface area is 222 Å². The molecule has 1 unspecified atom stereocenters. The number of nitrogens with zero attached hydrogens (tertiary/aromatic N) is 4. The average molecular weight is 618 g/mol. The van der Waals surface area contributed by atoms with Crippen molar-refractivity contribution in [2.24, 2.45) is 0 Å². The number of carbonyl (C=O) groups excluding carboxylic acids is 1. The lowest BCUT2D eigenvalue weighted by atomic mass is 9.98. The van der Waals surface area contributed by atoms with Crippen LogP contribution in [-0.2, 0) is 4.79 Å². The summed E-state index contributed by atoms with van der Waals surface area (Å²) in [6.45, 7) is 4.31. The fraction of sp³-hybridized carbons (Fsp3) is 0.200. The Hall–Kier alpha value is -2.57. The highest BCUT2D eigenvalue weighted by Gasteiger charge is 2.20. The molecule has 4 aromatic heterocycles. The topological polar surface area (TPSA) is 72.7 Å². The second kappa shape index (κ2) is 10.2. The summed E-state index contributed by atoms with van der Waals surface area (Å²) in [5.74, 6) is 1.13. The number of fused-ring (bicyclic) bond motifs is 2. The number of aromatic nitrogens is 4. The zero-order valence-corrected chi connectivity index (χ0v) is 22.7. The Kier molecular flexibility index (Phi) is 7.03. The molecule has 35 heavy (non-hydrogen) atoms. The van der Waals surface area contributed by atoms with E-state index in [4.69, 9.17) is 9.97 Å². The maximum atomic E-state index is 14.1. The molecule has 5 rings (SSSR count). The molecule has 0 saturated carbocycles. The molecular formula is C25H21FIN5OS2. The third-order valence-electron chi connectivity index (χ3n) is 5.87. The molecule has 5 aromatic rings. The van der Waals surface area contributed by atoms with Crippen molar-refractivity contribution in [3.63, 3.8) is 0 Å². The molecule has 0 radical (unpaired) electrons. The Balaban J connectivity index is 1.60. The maximum absolute atomic E-state index is 14.1. The first kappa shape index (κ1) is 24.1. The fourth-order valence-corrected chi connectivity index (χ4v) is 6.04. The molecule has 10 heteroatoms. The SMILES string of the molecule is CC(C)c1ccc(C(CC=O)Nc2nc(-c3cn(SI)c4ncc(F)cc34)nc3sccc23)cc1. The molecule has 0 aliphatic rings. The number of aldehydes is 1. The largest absolute Gasteiger partial charge is 0.362 e. The standard InChI is InChI=1S/C25H21FIN5OS2/c1-14(2)15-3-5-16(6-4-15)21(7-9-33)29-22-18-8-10-34-25(18)31-23(30-22)20-13-32(35-27)24-19(20)11-17(26)12-28-24/h3-6,8-14,21H,7H2,1-2H3,(H,29,30,31). The number of thiophene rings is 1. The highest BCUT2D eigenvalue weighted by atomic mass is 127. The van der Waals surface area contributed by atoms with Crippen LogP contribution < -0.4 is 5.32 Å². The van der Waals surface area contributed by atoms with Gasteiger partial charge in [-0.05, 0) is 34.6 Å². The van der Waals surface area contributed by atoms with Gasteiger partial charge in [0.25, 0.3) is 0 Å². The summed E-state index contributed by atoms with van der Waals surface area (Å²) in [5, 5.41) is 6.97. The number of carbonyl (C=O) groups is 1. The molecule has 4 heterocycles. The minimum absolute atomic E-state index is 0.245. The van der Waals surface area contributed by atoms with Crippen LogP contribution in [-0.4, -0.2) is 25.2 Å². The van der Waals surface area contributed by atoms with Gasteiger partial charge >= 0.3 is 0 Å². The lowest BCUT2D eigenvalue weighted by molar-refractivity contribution is -0.108. The summed E-state index contributed by atoms with van der Waals surface area (Å²) in [7, 11) is 1.44. The molecule has 0 saturated heterocycles. The zero-order valence-electron chi connectivity index (χ0n) is 18.9. The molecule has 0 fully saturated rings. The summed E-state index contributed by atoms with van der Waals surface area (Å²) in [6.07, 6.45) is 4.30. The predicted molar refractivity (Wildman–Crippen MR) is 151 cm³/mol. The van der Waals surface area contributed by atoms with E-state index in [1.807, 2.05) is 21.6 Å². The second-order valence-corrected chi connectivity index (χ2v) is 11.0. The highest BCUT2D eigenvalue weighted by molar-refractivity contribution is 14.2. The van der Waals surface area contributed by atoms with E-state index in [-0.39, 0.29) is 6.04 Å². The summed E-state index contributed by atoms with van der Waals surface area (Å²) < 4.78 is 16.0. The molecule has 0 amide bonds. The lowest BCUT2D eigenvalue weighted by Crippen LogP contribution is -2.13. The normalized spacial score (nSPS) is 12.5. The van der Waals surface area contributed by atoms with Crippen LogP contribution in [0.3, 0.4) is 0 Å². The van der Waals surface area contributed by atoms with Crippen LogP contribution in [0.15, 0.2) is 54.2 Å². The van der Waals surface area contributed by atoms with Crippen LogP contribution in [0.1, 0.15) is 43.4 Å². The number of benzene rings is 1. The van der Waals surface area contributed by atoms with Crippen molar-refractivity contribution in [2.45, 2.75) is 32.2 Å². The van der Waals surface area contributed by atoms with Crippen molar-refractivity contribution >= 4 is 75.0 Å². The van der Waals surface area contributed by atoms with E-state index in [2.05, 4.69) is 69.6 Å². The monoisotopic (exact) mass is 617 g/mol. The van der Waals surface area contributed by atoms with Crippen molar-refractivity contribution < 1.29 is 9.18 Å². The maximum Gasteiger partial charge on any atom is 0.165 e. The third kappa shape index (κ3) is 4.78. The minimum atomic E-state index is -0.415. The molecule has 178 valence electrons. The fourth-order valence-electron chi connectivity index (χ4n) is 4.02. The molecule has 1 aromatic carbocycles. The summed E-state index contributed by atoms with van der Waals surface area (Å²) in [5.41, 5.74) is 3.60. The molecule has 1 N–H and O–H groups in total. The van der Waals surface area contributed by atoms with E-state index in [1.165, 1.54) is 38.3 Å². The van der Waals surface area contributed by atoms with Gasteiger partial charge in [0.1, 0.15) is 22.8 Å². The van der Waals surface area contributed by atoms with E-state index < -0.39 is 5.82 Å². The lowest BCUT2D eigenvalue weighted by Gasteiger charge is -2.19.